The second-order valence-corrected chi connectivity index (χ2v) is 2.38. The lowest BCUT2D eigenvalue weighted by atomic mass is 10.2. The highest BCUT2D eigenvalue weighted by atomic mass is 31.1. The fourth-order valence-corrected chi connectivity index (χ4v) is 0.834. The van der Waals surface area contributed by atoms with Crippen LogP contribution in [-0.2, 0) is 9.09 Å². The Bertz CT molecular complexity index is 66.1. The van der Waals surface area contributed by atoms with Gasteiger partial charge in [0.2, 0.25) is 0 Å². The van der Waals surface area contributed by atoms with Gasteiger partial charge in [0.1, 0.15) is 0 Å². The highest BCUT2D eigenvalue weighted by Gasteiger charge is 1.86. The van der Waals surface area contributed by atoms with Gasteiger partial charge in [0.05, 0.1) is 6.61 Å². The molecule has 9 heavy (non-hydrogen) atoms. The Kier molecular flexibility index (Phi) is 8.11. The van der Waals surface area contributed by atoms with E-state index in [0.29, 0.717) is 6.61 Å². The van der Waals surface area contributed by atoms with Gasteiger partial charge in [-0.2, -0.15) is 0 Å². The van der Waals surface area contributed by atoms with Crippen molar-refractivity contribution < 1.29 is 9.09 Å². The van der Waals surface area contributed by atoms with Crippen LogP contribution in [0.3, 0.4) is 0 Å². The quantitative estimate of drug-likeness (QED) is 0.427. The van der Waals surface area contributed by atoms with E-state index in [-0.39, 0.29) is 8.69 Å². The SMILES string of the molecule is CCCCCCOP=O. The molecule has 0 aliphatic rings. The van der Waals surface area contributed by atoms with E-state index < -0.39 is 0 Å². The Morgan fingerprint density at radius 1 is 1.33 bits per heavy atom. The molecule has 2 nitrogen and oxygen atoms in total. The van der Waals surface area contributed by atoms with Gasteiger partial charge >= 0.3 is 8.69 Å². The number of rotatable bonds is 6. The van der Waals surface area contributed by atoms with Crippen LogP contribution in [0.4, 0.5) is 0 Å². The summed E-state index contributed by atoms with van der Waals surface area (Å²) in [5, 5.41) is 0. The molecular formula is C6H13O2P. The first-order chi connectivity index (χ1) is 4.41. The van der Waals surface area contributed by atoms with Gasteiger partial charge in [-0.15, -0.1) is 0 Å². The summed E-state index contributed by atoms with van der Waals surface area (Å²) in [6.45, 7) is 2.79. The van der Waals surface area contributed by atoms with Crippen LogP contribution in [-0.4, -0.2) is 6.61 Å². The molecule has 0 aromatic rings. The third-order valence-electron chi connectivity index (χ3n) is 1.14. The summed E-state index contributed by atoms with van der Waals surface area (Å²) in [5.74, 6) is 0. The molecule has 0 aliphatic heterocycles. The Hall–Kier alpha value is 0.0600. The predicted molar refractivity (Wildman–Crippen MR) is 37.7 cm³/mol. The topological polar surface area (TPSA) is 26.3 Å². The van der Waals surface area contributed by atoms with E-state index in [9.17, 15) is 4.57 Å². The Balaban J connectivity index is 2.66. The fraction of sp³-hybridized carbons (Fsp3) is 1.00. The number of hydrogen-bond donors (Lipinski definition) is 0. The van der Waals surface area contributed by atoms with Gasteiger partial charge < -0.3 is 0 Å². The molecule has 54 valence electrons. The van der Waals surface area contributed by atoms with E-state index in [1.807, 2.05) is 0 Å². The van der Waals surface area contributed by atoms with Gasteiger partial charge in [-0.25, -0.2) is 4.57 Å². The molecular weight excluding hydrogens is 135 g/mol. The number of hydrogen-bond acceptors (Lipinski definition) is 2. The fourth-order valence-electron chi connectivity index (χ4n) is 0.631. The zero-order valence-corrected chi connectivity index (χ0v) is 6.69. The van der Waals surface area contributed by atoms with E-state index >= 15 is 0 Å². The predicted octanol–water partition coefficient (Wildman–Crippen LogP) is 2.79. The molecule has 3 heteroatoms. The Morgan fingerprint density at radius 3 is 2.67 bits per heavy atom. The average Bonchev–Trinajstić information content (AvgIpc) is 1.89. The van der Waals surface area contributed by atoms with Gasteiger partial charge in [-0.05, 0) is 6.42 Å². The maximum absolute atomic E-state index is 9.71. The second-order valence-electron chi connectivity index (χ2n) is 1.97. The molecule has 0 heterocycles. The third kappa shape index (κ3) is 8.06. The average molecular weight is 148 g/mol. The molecule has 0 saturated carbocycles. The lowest BCUT2D eigenvalue weighted by Crippen LogP contribution is -1.83. The summed E-state index contributed by atoms with van der Waals surface area (Å²) in [7, 11) is -0.185. The molecule has 0 aromatic carbocycles. The van der Waals surface area contributed by atoms with E-state index in [0.717, 1.165) is 6.42 Å². The molecule has 0 spiro atoms. The summed E-state index contributed by atoms with van der Waals surface area (Å²) in [4.78, 5) is 0. The molecule has 0 unspecified atom stereocenters. The molecule has 0 aromatic heterocycles. The van der Waals surface area contributed by atoms with Crippen LogP contribution in [0.5, 0.6) is 0 Å². The maximum Gasteiger partial charge on any atom is 0.327 e. The zero-order chi connectivity index (χ0) is 6.95. The third-order valence-corrected chi connectivity index (χ3v) is 1.43. The van der Waals surface area contributed by atoms with Crippen molar-refractivity contribution in [2.24, 2.45) is 0 Å². The van der Waals surface area contributed by atoms with Crippen molar-refractivity contribution in [2.75, 3.05) is 6.61 Å². The molecule has 0 amide bonds. The molecule has 0 radical (unpaired) electrons. The largest absolute Gasteiger partial charge is 0.327 e. The van der Waals surface area contributed by atoms with E-state index in [4.69, 9.17) is 0 Å². The van der Waals surface area contributed by atoms with Crippen LogP contribution in [0.1, 0.15) is 32.6 Å². The number of unbranched alkanes of at least 4 members (excludes halogenated alkanes) is 3. The summed E-state index contributed by atoms with van der Waals surface area (Å²) < 4.78 is 14.3. The van der Waals surface area contributed by atoms with Crippen LogP contribution in [0.2, 0.25) is 0 Å². The molecule has 0 N–H and O–H groups in total. The smallest absolute Gasteiger partial charge is 0.294 e. The zero-order valence-electron chi connectivity index (χ0n) is 5.80. The highest BCUT2D eigenvalue weighted by molar-refractivity contribution is 7.17. The second kappa shape index (κ2) is 8.06. The van der Waals surface area contributed by atoms with Crippen molar-refractivity contribution in [3.63, 3.8) is 0 Å². The molecule has 0 saturated heterocycles. The minimum absolute atomic E-state index is 0.185. The van der Waals surface area contributed by atoms with Crippen molar-refractivity contribution in [1.29, 1.82) is 0 Å². The lowest BCUT2D eigenvalue weighted by molar-refractivity contribution is 0.329. The monoisotopic (exact) mass is 148 g/mol. The van der Waals surface area contributed by atoms with Crippen LogP contribution < -0.4 is 0 Å². The van der Waals surface area contributed by atoms with Crippen LogP contribution in [0.15, 0.2) is 0 Å². The van der Waals surface area contributed by atoms with E-state index in [1.165, 1.54) is 19.3 Å². The van der Waals surface area contributed by atoms with Gasteiger partial charge in [-0.1, -0.05) is 26.2 Å². The first-order valence-electron chi connectivity index (χ1n) is 3.36. The Labute approximate surface area is 57.9 Å². The first kappa shape index (κ1) is 9.06. The summed E-state index contributed by atoms with van der Waals surface area (Å²) in [6.07, 6.45) is 4.70. The van der Waals surface area contributed by atoms with Crippen LogP contribution >= 0.6 is 8.69 Å². The van der Waals surface area contributed by atoms with Gasteiger partial charge in [0, 0.05) is 0 Å². The van der Waals surface area contributed by atoms with Crippen molar-refractivity contribution in [1.82, 2.24) is 0 Å². The van der Waals surface area contributed by atoms with Gasteiger partial charge in [0.15, 0.2) is 0 Å². The van der Waals surface area contributed by atoms with Crippen molar-refractivity contribution in [2.45, 2.75) is 32.6 Å². The molecule has 0 rings (SSSR count). The molecule has 0 bridgehead atoms. The van der Waals surface area contributed by atoms with Crippen molar-refractivity contribution in [3.05, 3.63) is 0 Å². The Morgan fingerprint density at radius 2 is 2.11 bits per heavy atom. The van der Waals surface area contributed by atoms with E-state index in [2.05, 4.69) is 11.4 Å². The summed E-state index contributed by atoms with van der Waals surface area (Å²) >= 11 is 0. The minimum atomic E-state index is -0.185. The molecule has 0 fully saturated rings. The first-order valence-corrected chi connectivity index (χ1v) is 4.09. The van der Waals surface area contributed by atoms with Crippen molar-refractivity contribution >= 4 is 8.69 Å². The summed E-state index contributed by atoms with van der Waals surface area (Å²) in [5.41, 5.74) is 0. The molecule has 0 atom stereocenters. The van der Waals surface area contributed by atoms with Gasteiger partial charge in [0.25, 0.3) is 0 Å². The standard InChI is InChI=1S/C6H13O2P/c1-2-3-4-5-6-8-9-7/h2-6H2,1H3. The maximum atomic E-state index is 9.71. The van der Waals surface area contributed by atoms with Gasteiger partial charge in [-0.3, -0.25) is 4.52 Å². The molecule has 0 aliphatic carbocycles. The minimum Gasteiger partial charge on any atom is -0.294 e. The highest BCUT2D eigenvalue weighted by Crippen LogP contribution is 2.02. The van der Waals surface area contributed by atoms with Crippen molar-refractivity contribution in [3.8, 4) is 0 Å². The normalized spacial score (nSPS) is 10.3. The van der Waals surface area contributed by atoms with Crippen LogP contribution in [0, 0.1) is 0 Å². The van der Waals surface area contributed by atoms with E-state index in [1.54, 1.807) is 0 Å². The lowest BCUT2D eigenvalue weighted by Gasteiger charge is -1.93. The summed E-state index contributed by atoms with van der Waals surface area (Å²) in [6, 6.07) is 0. The van der Waals surface area contributed by atoms with Crippen LogP contribution in [0.25, 0.3) is 0 Å².